The Balaban J connectivity index is 2.24. The van der Waals surface area contributed by atoms with E-state index in [4.69, 9.17) is 11.6 Å². The van der Waals surface area contributed by atoms with Gasteiger partial charge in [0.25, 0.3) is 0 Å². The molecule has 2 aromatic rings. The van der Waals surface area contributed by atoms with Crippen LogP contribution in [0.1, 0.15) is 15.9 Å². The first-order valence-corrected chi connectivity index (χ1v) is 5.67. The van der Waals surface area contributed by atoms with Crippen LogP contribution in [0.3, 0.4) is 0 Å². The molecule has 0 unspecified atom stereocenters. The van der Waals surface area contributed by atoms with Crippen LogP contribution in [0.4, 0.5) is 8.78 Å². The Bertz CT molecular complexity index is 576. The highest BCUT2D eigenvalue weighted by Crippen LogP contribution is 2.18. The van der Waals surface area contributed by atoms with Gasteiger partial charge >= 0.3 is 0 Å². The number of Topliss-reactive ketones (excluding diaryl/α,β-unsaturated/α-hetero) is 1. The maximum absolute atomic E-state index is 13.0. The molecular formula is C14H9ClF2O. The number of hydrogen-bond acceptors (Lipinski definition) is 1. The van der Waals surface area contributed by atoms with Gasteiger partial charge in [-0.25, -0.2) is 8.78 Å². The second-order valence-corrected chi connectivity index (χ2v) is 4.26. The number of hydrogen-bond donors (Lipinski definition) is 0. The van der Waals surface area contributed by atoms with Gasteiger partial charge in [-0.3, -0.25) is 4.79 Å². The van der Waals surface area contributed by atoms with Gasteiger partial charge in [-0.05, 0) is 29.8 Å². The molecule has 0 heterocycles. The van der Waals surface area contributed by atoms with Crippen molar-refractivity contribution in [1.29, 1.82) is 0 Å². The SMILES string of the molecule is O=C(Cc1cc(F)cc(F)c1)c1ccccc1Cl. The molecule has 0 aliphatic rings. The molecule has 0 amide bonds. The van der Waals surface area contributed by atoms with Gasteiger partial charge in [0.05, 0.1) is 5.02 Å². The number of carbonyl (C=O) groups excluding carboxylic acids is 1. The summed E-state index contributed by atoms with van der Waals surface area (Å²) < 4.78 is 26.0. The molecule has 0 atom stereocenters. The molecule has 92 valence electrons. The zero-order valence-corrected chi connectivity index (χ0v) is 10.0. The minimum atomic E-state index is -0.697. The van der Waals surface area contributed by atoms with Crippen LogP contribution >= 0.6 is 11.6 Å². The predicted molar refractivity (Wildman–Crippen MR) is 65.8 cm³/mol. The lowest BCUT2D eigenvalue weighted by Gasteiger charge is -2.04. The summed E-state index contributed by atoms with van der Waals surface area (Å²) >= 11 is 5.88. The molecule has 0 aliphatic heterocycles. The van der Waals surface area contributed by atoms with E-state index < -0.39 is 11.6 Å². The summed E-state index contributed by atoms with van der Waals surface area (Å²) in [7, 11) is 0. The van der Waals surface area contributed by atoms with E-state index in [1.165, 1.54) is 0 Å². The molecule has 0 fully saturated rings. The van der Waals surface area contributed by atoms with Crippen molar-refractivity contribution in [3.8, 4) is 0 Å². The van der Waals surface area contributed by atoms with Gasteiger partial charge in [0.2, 0.25) is 0 Å². The Hall–Kier alpha value is -1.74. The quantitative estimate of drug-likeness (QED) is 0.766. The Labute approximate surface area is 108 Å². The minimum absolute atomic E-state index is 0.0849. The van der Waals surface area contributed by atoms with Crippen molar-refractivity contribution in [2.45, 2.75) is 6.42 Å². The summed E-state index contributed by atoms with van der Waals surface area (Å²) in [5.41, 5.74) is 0.640. The molecule has 2 aromatic carbocycles. The van der Waals surface area contributed by atoms with Crippen LogP contribution in [-0.4, -0.2) is 5.78 Å². The van der Waals surface area contributed by atoms with E-state index in [1.54, 1.807) is 24.3 Å². The average molecular weight is 267 g/mol. The van der Waals surface area contributed by atoms with E-state index in [0.29, 0.717) is 10.6 Å². The molecule has 0 radical (unpaired) electrons. The first-order valence-electron chi connectivity index (χ1n) is 5.29. The van der Waals surface area contributed by atoms with Crippen molar-refractivity contribution in [3.63, 3.8) is 0 Å². The Morgan fingerprint density at radius 2 is 1.67 bits per heavy atom. The molecule has 0 saturated carbocycles. The van der Waals surface area contributed by atoms with Crippen molar-refractivity contribution in [2.75, 3.05) is 0 Å². The van der Waals surface area contributed by atoms with Crippen LogP contribution < -0.4 is 0 Å². The van der Waals surface area contributed by atoms with Crippen molar-refractivity contribution in [3.05, 3.63) is 70.2 Å². The molecule has 1 nitrogen and oxygen atoms in total. The normalized spacial score (nSPS) is 10.4. The standard InChI is InChI=1S/C14H9ClF2O/c15-13-4-2-1-3-12(13)14(18)7-9-5-10(16)8-11(17)6-9/h1-6,8H,7H2. The fourth-order valence-corrected chi connectivity index (χ4v) is 1.92. The maximum atomic E-state index is 13.0. The highest BCUT2D eigenvalue weighted by molar-refractivity contribution is 6.34. The van der Waals surface area contributed by atoms with Gasteiger partial charge in [0.15, 0.2) is 5.78 Å². The largest absolute Gasteiger partial charge is 0.294 e. The average Bonchev–Trinajstić information content (AvgIpc) is 2.27. The molecule has 4 heteroatoms. The van der Waals surface area contributed by atoms with Gasteiger partial charge in [0.1, 0.15) is 11.6 Å². The third-order valence-corrected chi connectivity index (χ3v) is 2.79. The maximum Gasteiger partial charge on any atom is 0.168 e. The Kier molecular flexibility index (Phi) is 3.72. The summed E-state index contributed by atoms with van der Waals surface area (Å²) in [6.45, 7) is 0. The van der Waals surface area contributed by atoms with Gasteiger partial charge in [-0.1, -0.05) is 23.7 Å². The Morgan fingerprint density at radius 1 is 1.06 bits per heavy atom. The molecule has 18 heavy (non-hydrogen) atoms. The van der Waals surface area contributed by atoms with Crippen LogP contribution in [0.25, 0.3) is 0 Å². The van der Waals surface area contributed by atoms with E-state index >= 15 is 0 Å². The zero-order chi connectivity index (χ0) is 13.1. The smallest absolute Gasteiger partial charge is 0.168 e. The molecule has 0 aromatic heterocycles. The zero-order valence-electron chi connectivity index (χ0n) is 9.29. The monoisotopic (exact) mass is 266 g/mol. The van der Waals surface area contributed by atoms with E-state index in [9.17, 15) is 13.6 Å². The fourth-order valence-electron chi connectivity index (χ4n) is 1.68. The lowest BCUT2D eigenvalue weighted by atomic mass is 10.0. The Morgan fingerprint density at radius 3 is 2.28 bits per heavy atom. The molecule has 0 aliphatic carbocycles. The summed E-state index contributed by atoms with van der Waals surface area (Å²) in [5.74, 6) is -1.67. The second-order valence-electron chi connectivity index (χ2n) is 3.86. The lowest BCUT2D eigenvalue weighted by molar-refractivity contribution is 0.0993. The molecular weight excluding hydrogens is 258 g/mol. The summed E-state index contributed by atoms with van der Waals surface area (Å²) in [4.78, 5) is 11.9. The van der Waals surface area contributed by atoms with Gasteiger partial charge < -0.3 is 0 Å². The van der Waals surface area contributed by atoms with Crippen molar-refractivity contribution < 1.29 is 13.6 Å². The third kappa shape index (κ3) is 2.93. The second kappa shape index (κ2) is 5.27. The minimum Gasteiger partial charge on any atom is -0.294 e. The lowest BCUT2D eigenvalue weighted by Crippen LogP contribution is -2.04. The molecule has 0 spiro atoms. The first kappa shape index (κ1) is 12.7. The van der Waals surface area contributed by atoms with Crippen LogP contribution in [0, 0.1) is 11.6 Å². The molecule has 0 bridgehead atoms. The van der Waals surface area contributed by atoms with E-state index in [1.807, 2.05) is 0 Å². The number of carbonyl (C=O) groups is 1. The van der Waals surface area contributed by atoms with Crippen LogP contribution in [0.5, 0.6) is 0 Å². The van der Waals surface area contributed by atoms with Crippen molar-refractivity contribution in [1.82, 2.24) is 0 Å². The van der Waals surface area contributed by atoms with Crippen LogP contribution in [-0.2, 0) is 6.42 Å². The van der Waals surface area contributed by atoms with Crippen molar-refractivity contribution >= 4 is 17.4 Å². The predicted octanol–water partition coefficient (Wildman–Crippen LogP) is 4.04. The molecule has 2 rings (SSSR count). The van der Waals surface area contributed by atoms with Gasteiger partial charge in [-0.15, -0.1) is 0 Å². The number of halogens is 3. The molecule has 0 N–H and O–H groups in total. The van der Waals surface area contributed by atoms with Crippen molar-refractivity contribution in [2.24, 2.45) is 0 Å². The highest BCUT2D eigenvalue weighted by Gasteiger charge is 2.11. The van der Waals surface area contributed by atoms with Gasteiger partial charge in [-0.2, -0.15) is 0 Å². The highest BCUT2D eigenvalue weighted by atomic mass is 35.5. The number of rotatable bonds is 3. The summed E-state index contributed by atoms with van der Waals surface area (Å²) in [6.07, 6.45) is -0.0849. The number of ketones is 1. The fraction of sp³-hybridized carbons (Fsp3) is 0.0714. The van der Waals surface area contributed by atoms with Crippen LogP contribution in [0.2, 0.25) is 5.02 Å². The number of benzene rings is 2. The van der Waals surface area contributed by atoms with E-state index in [-0.39, 0.29) is 17.8 Å². The van der Waals surface area contributed by atoms with E-state index in [0.717, 1.165) is 18.2 Å². The topological polar surface area (TPSA) is 17.1 Å². The van der Waals surface area contributed by atoms with Crippen LogP contribution in [0.15, 0.2) is 42.5 Å². The first-order chi connectivity index (χ1) is 8.56. The third-order valence-electron chi connectivity index (χ3n) is 2.46. The van der Waals surface area contributed by atoms with Gasteiger partial charge in [0, 0.05) is 18.1 Å². The summed E-state index contributed by atoms with van der Waals surface area (Å²) in [5, 5.41) is 0.333. The summed E-state index contributed by atoms with van der Waals surface area (Å²) in [6, 6.07) is 9.62. The molecule has 0 saturated heterocycles. The van der Waals surface area contributed by atoms with E-state index in [2.05, 4.69) is 0 Å².